The van der Waals surface area contributed by atoms with Crippen LogP contribution in [-0.2, 0) is 9.31 Å². The predicted octanol–water partition coefficient (Wildman–Crippen LogP) is 3.29. The van der Waals surface area contributed by atoms with Crippen molar-refractivity contribution in [1.82, 2.24) is 0 Å². The van der Waals surface area contributed by atoms with Gasteiger partial charge in [0, 0.05) is 11.5 Å². The molecular weight excluding hydrogens is 303 g/mol. The van der Waals surface area contributed by atoms with E-state index in [1.165, 1.54) is 0 Å². The van der Waals surface area contributed by atoms with Crippen LogP contribution in [0.3, 0.4) is 0 Å². The summed E-state index contributed by atoms with van der Waals surface area (Å²) < 4.78 is 12.0. The zero-order valence-corrected chi connectivity index (χ0v) is 14.8. The van der Waals surface area contributed by atoms with Crippen molar-refractivity contribution in [2.24, 2.45) is 5.92 Å². The number of hydrogen-bond donors (Lipinski definition) is 1. The van der Waals surface area contributed by atoms with E-state index in [1.54, 1.807) is 0 Å². The third kappa shape index (κ3) is 3.34. The van der Waals surface area contributed by atoms with Gasteiger partial charge in [-0.15, -0.1) is 0 Å². The molecule has 4 nitrogen and oxygen atoms in total. The van der Waals surface area contributed by atoms with Crippen molar-refractivity contribution in [2.75, 3.05) is 6.61 Å². The van der Waals surface area contributed by atoms with Gasteiger partial charge in [0.25, 0.3) is 0 Å². The lowest BCUT2D eigenvalue weighted by Crippen LogP contribution is -2.41. The molecule has 5 heteroatoms. The second-order valence-electron chi connectivity index (χ2n) is 7.73. The summed E-state index contributed by atoms with van der Waals surface area (Å²) in [6.45, 7) is 7.81. The maximum atomic E-state index is 12.1. The van der Waals surface area contributed by atoms with Gasteiger partial charge in [-0.05, 0) is 51.6 Å². The van der Waals surface area contributed by atoms with Gasteiger partial charge in [0.1, 0.15) is 0 Å². The van der Waals surface area contributed by atoms with Crippen LogP contribution in [0.2, 0.25) is 0 Å². The van der Waals surface area contributed by atoms with Crippen molar-refractivity contribution in [1.29, 1.82) is 0 Å². The molecule has 3 rings (SSSR count). The molecule has 1 aliphatic heterocycles. The van der Waals surface area contributed by atoms with E-state index in [0.717, 1.165) is 24.0 Å². The number of aliphatic hydroxyl groups excluding tert-OH is 1. The Hall–Kier alpha value is -1.43. The normalized spacial score (nSPS) is 22.7. The number of ketones is 1. The van der Waals surface area contributed by atoms with E-state index in [9.17, 15) is 9.90 Å². The van der Waals surface area contributed by atoms with Crippen molar-refractivity contribution in [3.63, 3.8) is 0 Å². The van der Waals surface area contributed by atoms with Crippen LogP contribution in [0.5, 0.6) is 0 Å². The quantitative estimate of drug-likeness (QED) is 0.666. The van der Waals surface area contributed by atoms with Crippen LogP contribution in [0.4, 0.5) is 0 Å². The highest BCUT2D eigenvalue weighted by Crippen LogP contribution is 2.38. The second kappa shape index (κ2) is 6.14. The number of carbonyl (C=O) groups is 1. The molecule has 0 bridgehead atoms. The SMILES string of the molecule is CC1(C)OB(C(=Cc2ccc(C(=O)C3CC3)cc2)CO)OC1(C)C. The zero-order valence-electron chi connectivity index (χ0n) is 14.8. The van der Waals surface area contributed by atoms with Crippen LogP contribution >= 0.6 is 0 Å². The fourth-order valence-corrected chi connectivity index (χ4v) is 2.72. The van der Waals surface area contributed by atoms with Crippen LogP contribution in [0, 0.1) is 5.92 Å². The highest BCUT2D eigenvalue weighted by atomic mass is 16.7. The molecule has 0 radical (unpaired) electrons. The molecule has 1 aliphatic carbocycles. The summed E-state index contributed by atoms with van der Waals surface area (Å²) in [6.07, 6.45) is 3.89. The fourth-order valence-electron chi connectivity index (χ4n) is 2.72. The Bertz CT molecular complexity index is 640. The first-order valence-corrected chi connectivity index (χ1v) is 8.55. The van der Waals surface area contributed by atoms with Crippen molar-refractivity contribution < 1.29 is 19.2 Å². The zero-order chi connectivity index (χ0) is 17.5. The van der Waals surface area contributed by atoms with Gasteiger partial charge in [0.2, 0.25) is 0 Å². The monoisotopic (exact) mass is 328 g/mol. The van der Waals surface area contributed by atoms with Crippen LogP contribution in [0.15, 0.2) is 29.7 Å². The van der Waals surface area contributed by atoms with Gasteiger partial charge < -0.3 is 14.4 Å². The van der Waals surface area contributed by atoms with Gasteiger partial charge in [-0.3, -0.25) is 4.79 Å². The minimum atomic E-state index is -0.562. The van der Waals surface area contributed by atoms with Gasteiger partial charge in [-0.25, -0.2) is 0 Å². The lowest BCUT2D eigenvalue weighted by atomic mass is 9.77. The summed E-state index contributed by atoms with van der Waals surface area (Å²) in [7, 11) is -0.562. The predicted molar refractivity (Wildman–Crippen MR) is 94.6 cm³/mol. The van der Waals surface area contributed by atoms with Crippen molar-refractivity contribution in [3.05, 3.63) is 40.9 Å². The largest absolute Gasteiger partial charge is 0.492 e. The Kier molecular flexibility index (Phi) is 4.45. The lowest BCUT2D eigenvalue weighted by molar-refractivity contribution is 0.00578. The minimum absolute atomic E-state index is 0.139. The summed E-state index contributed by atoms with van der Waals surface area (Å²) in [5, 5.41) is 9.73. The Balaban J connectivity index is 1.77. The summed E-state index contributed by atoms with van der Waals surface area (Å²) in [6, 6.07) is 7.50. The van der Waals surface area contributed by atoms with E-state index < -0.39 is 18.3 Å². The summed E-state index contributed by atoms with van der Waals surface area (Å²) >= 11 is 0. The van der Waals surface area contributed by atoms with Crippen LogP contribution in [-0.4, -0.2) is 35.8 Å². The molecule has 1 heterocycles. The van der Waals surface area contributed by atoms with E-state index in [0.29, 0.717) is 5.47 Å². The van der Waals surface area contributed by atoms with Gasteiger partial charge >= 0.3 is 7.12 Å². The molecule has 128 valence electrons. The molecule has 0 unspecified atom stereocenters. The minimum Gasteiger partial charge on any atom is -0.400 e. The van der Waals surface area contributed by atoms with Gasteiger partial charge in [0.15, 0.2) is 5.78 Å². The first-order chi connectivity index (χ1) is 11.2. The second-order valence-corrected chi connectivity index (χ2v) is 7.73. The number of benzene rings is 1. The van der Waals surface area contributed by atoms with E-state index >= 15 is 0 Å². The van der Waals surface area contributed by atoms with E-state index in [2.05, 4.69) is 0 Å². The van der Waals surface area contributed by atoms with Crippen molar-refractivity contribution in [2.45, 2.75) is 51.7 Å². The highest BCUT2D eigenvalue weighted by molar-refractivity contribution is 6.55. The van der Waals surface area contributed by atoms with E-state index in [1.807, 2.05) is 58.0 Å². The topological polar surface area (TPSA) is 55.8 Å². The molecule has 24 heavy (non-hydrogen) atoms. The highest BCUT2D eigenvalue weighted by Gasteiger charge is 2.52. The molecule has 0 atom stereocenters. The molecular formula is C19H25BO4. The maximum Gasteiger partial charge on any atom is 0.492 e. The lowest BCUT2D eigenvalue weighted by Gasteiger charge is -2.32. The Labute approximate surface area is 144 Å². The molecule has 1 aromatic carbocycles. The maximum absolute atomic E-state index is 12.1. The van der Waals surface area contributed by atoms with Crippen LogP contribution < -0.4 is 0 Å². The Morgan fingerprint density at radius 1 is 1.17 bits per heavy atom. The molecule has 0 spiro atoms. The van der Waals surface area contributed by atoms with Crippen LogP contribution in [0.25, 0.3) is 6.08 Å². The van der Waals surface area contributed by atoms with Crippen molar-refractivity contribution >= 4 is 19.0 Å². The van der Waals surface area contributed by atoms with Crippen LogP contribution in [0.1, 0.15) is 56.5 Å². The standard InChI is InChI=1S/C19H25BO4/c1-18(2)19(3,4)24-20(23-18)16(12-21)11-13-5-7-14(8-6-13)17(22)15-9-10-15/h5-8,11,15,21H,9-10,12H2,1-4H3. The number of rotatable bonds is 5. The smallest absolute Gasteiger partial charge is 0.400 e. The Morgan fingerprint density at radius 2 is 1.71 bits per heavy atom. The number of carbonyl (C=O) groups excluding carboxylic acids is 1. The Morgan fingerprint density at radius 3 is 2.17 bits per heavy atom. The average molecular weight is 328 g/mol. The molecule has 2 aliphatic rings. The average Bonchev–Trinajstić information content (AvgIpc) is 3.33. The number of Topliss-reactive ketones (excluding diaryl/α,β-unsaturated/α-hetero) is 1. The molecule has 1 saturated carbocycles. The third-order valence-corrected chi connectivity index (χ3v) is 5.23. The summed E-state index contributed by atoms with van der Waals surface area (Å²) in [5.74, 6) is 0.461. The first kappa shape index (κ1) is 17.4. The van der Waals surface area contributed by atoms with Crippen molar-refractivity contribution in [3.8, 4) is 0 Å². The number of hydrogen-bond acceptors (Lipinski definition) is 4. The molecule has 1 aromatic rings. The molecule has 2 fully saturated rings. The molecule has 0 amide bonds. The summed E-state index contributed by atoms with van der Waals surface area (Å²) in [5.41, 5.74) is 1.48. The summed E-state index contributed by atoms with van der Waals surface area (Å²) in [4.78, 5) is 12.1. The van der Waals surface area contributed by atoms with E-state index in [4.69, 9.17) is 9.31 Å². The third-order valence-electron chi connectivity index (χ3n) is 5.23. The molecule has 0 aromatic heterocycles. The van der Waals surface area contributed by atoms with Gasteiger partial charge in [-0.1, -0.05) is 30.3 Å². The fraction of sp³-hybridized carbons (Fsp3) is 0.526. The molecule has 1 N–H and O–H groups in total. The molecule has 1 saturated heterocycles. The van der Waals surface area contributed by atoms with E-state index in [-0.39, 0.29) is 18.3 Å². The van der Waals surface area contributed by atoms with Gasteiger partial charge in [-0.2, -0.15) is 0 Å². The number of aliphatic hydroxyl groups is 1. The first-order valence-electron chi connectivity index (χ1n) is 8.55. The van der Waals surface area contributed by atoms with Gasteiger partial charge in [0.05, 0.1) is 17.8 Å².